The highest BCUT2D eigenvalue weighted by atomic mass is 35.5. The van der Waals surface area contributed by atoms with Crippen molar-refractivity contribution >= 4 is 11.6 Å². The van der Waals surface area contributed by atoms with Gasteiger partial charge in [0.15, 0.2) is 0 Å². The van der Waals surface area contributed by atoms with Crippen molar-refractivity contribution in [1.29, 1.82) is 0 Å². The van der Waals surface area contributed by atoms with E-state index in [9.17, 15) is 0 Å². The van der Waals surface area contributed by atoms with Crippen molar-refractivity contribution in [3.05, 3.63) is 71.4 Å². The summed E-state index contributed by atoms with van der Waals surface area (Å²) in [6, 6.07) is 17.9. The number of nitrogens with zero attached hydrogens (tertiary/aromatic N) is 3. The van der Waals surface area contributed by atoms with Crippen molar-refractivity contribution in [3.63, 3.8) is 0 Å². The minimum atomic E-state index is 0.658. The first kappa shape index (κ1) is 11.9. The van der Waals surface area contributed by atoms with E-state index < -0.39 is 0 Å². The van der Waals surface area contributed by atoms with E-state index in [1.54, 1.807) is 6.20 Å². The Morgan fingerprint density at radius 3 is 2.63 bits per heavy atom. The minimum Gasteiger partial charge on any atom is -0.240 e. The quantitative estimate of drug-likeness (QED) is 0.727. The van der Waals surface area contributed by atoms with Crippen LogP contribution in [0.3, 0.4) is 0 Å². The van der Waals surface area contributed by atoms with Gasteiger partial charge in [-0.1, -0.05) is 59.3 Å². The Hall–Kier alpha value is -2.13. The van der Waals surface area contributed by atoms with Gasteiger partial charge in [0.05, 0.1) is 18.4 Å². The molecule has 3 nitrogen and oxygen atoms in total. The van der Waals surface area contributed by atoms with E-state index in [0.717, 1.165) is 21.8 Å². The number of aromatic nitrogens is 3. The van der Waals surface area contributed by atoms with Crippen molar-refractivity contribution in [2.75, 3.05) is 0 Å². The van der Waals surface area contributed by atoms with Crippen LogP contribution in [0.2, 0.25) is 5.02 Å². The van der Waals surface area contributed by atoms with Crippen molar-refractivity contribution in [1.82, 2.24) is 15.0 Å². The fraction of sp³-hybridized carbons (Fsp3) is 0.0667. The molecule has 1 aromatic heterocycles. The number of hydrogen-bond donors (Lipinski definition) is 0. The number of halogens is 1. The summed E-state index contributed by atoms with van der Waals surface area (Å²) in [6.07, 6.45) is 1.78. The summed E-state index contributed by atoms with van der Waals surface area (Å²) in [4.78, 5) is 0. The maximum absolute atomic E-state index is 6.00. The lowest BCUT2D eigenvalue weighted by Gasteiger charge is -2.06. The number of hydrogen-bond acceptors (Lipinski definition) is 2. The average molecular weight is 270 g/mol. The third-order valence-corrected chi connectivity index (χ3v) is 3.14. The van der Waals surface area contributed by atoms with Gasteiger partial charge in [-0.2, -0.15) is 0 Å². The average Bonchev–Trinajstić information content (AvgIpc) is 2.88. The summed E-state index contributed by atoms with van der Waals surface area (Å²) in [5.74, 6) is 0. The molecular formula is C15H12ClN3. The summed E-state index contributed by atoms with van der Waals surface area (Å²) in [6.45, 7) is 0.658. The zero-order valence-electron chi connectivity index (χ0n) is 10.2. The van der Waals surface area contributed by atoms with Crippen LogP contribution < -0.4 is 0 Å². The smallest absolute Gasteiger partial charge is 0.0889 e. The highest BCUT2D eigenvalue weighted by Crippen LogP contribution is 2.19. The van der Waals surface area contributed by atoms with Crippen LogP contribution in [0.1, 0.15) is 5.56 Å². The second kappa shape index (κ2) is 5.24. The zero-order valence-corrected chi connectivity index (χ0v) is 11.0. The molecule has 0 aliphatic heterocycles. The standard InChI is InChI=1S/C15H12ClN3/c16-14-8-4-5-12(9-14)11-19-15(10-17-18-19)13-6-2-1-3-7-13/h1-10H,11H2. The number of benzene rings is 2. The molecule has 0 saturated heterocycles. The van der Waals surface area contributed by atoms with E-state index in [1.807, 2.05) is 59.3 Å². The van der Waals surface area contributed by atoms with Gasteiger partial charge in [0.1, 0.15) is 0 Å². The highest BCUT2D eigenvalue weighted by molar-refractivity contribution is 6.30. The zero-order chi connectivity index (χ0) is 13.1. The van der Waals surface area contributed by atoms with Gasteiger partial charge in [0.25, 0.3) is 0 Å². The van der Waals surface area contributed by atoms with Crippen LogP contribution in [-0.2, 0) is 6.54 Å². The Morgan fingerprint density at radius 1 is 1.00 bits per heavy atom. The lowest BCUT2D eigenvalue weighted by molar-refractivity contribution is 0.655. The van der Waals surface area contributed by atoms with Gasteiger partial charge in [0.2, 0.25) is 0 Å². The summed E-state index contributed by atoms with van der Waals surface area (Å²) in [7, 11) is 0. The fourth-order valence-corrected chi connectivity index (χ4v) is 2.23. The summed E-state index contributed by atoms with van der Waals surface area (Å²) < 4.78 is 1.88. The van der Waals surface area contributed by atoms with Gasteiger partial charge in [-0.05, 0) is 17.7 Å². The molecule has 19 heavy (non-hydrogen) atoms. The van der Waals surface area contributed by atoms with Crippen molar-refractivity contribution in [3.8, 4) is 11.3 Å². The van der Waals surface area contributed by atoms with Gasteiger partial charge in [-0.15, -0.1) is 5.10 Å². The molecule has 0 unspecified atom stereocenters. The molecule has 0 bridgehead atoms. The van der Waals surface area contributed by atoms with Gasteiger partial charge in [-0.25, -0.2) is 4.68 Å². The normalized spacial score (nSPS) is 10.6. The topological polar surface area (TPSA) is 30.7 Å². The lowest BCUT2D eigenvalue weighted by atomic mass is 10.1. The van der Waals surface area contributed by atoms with Crippen LogP contribution in [0.5, 0.6) is 0 Å². The Bertz CT molecular complexity index is 677. The first-order valence-electron chi connectivity index (χ1n) is 6.01. The van der Waals surface area contributed by atoms with Gasteiger partial charge >= 0.3 is 0 Å². The second-order valence-electron chi connectivity index (χ2n) is 4.27. The van der Waals surface area contributed by atoms with Crippen LogP contribution in [0, 0.1) is 0 Å². The first-order valence-corrected chi connectivity index (χ1v) is 6.39. The molecule has 0 amide bonds. The Kier molecular flexibility index (Phi) is 3.29. The van der Waals surface area contributed by atoms with Gasteiger partial charge in [0, 0.05) is 10.6 Å². The van der Waals surface area contributed by atoms with Crippen LogP contribution in [0.4, 0.5) is 0 Å². The van der Waals surface area contributed by atoms with E-state index >= 15 is 0 Å². The molecule has 0 aliphatic rings. The Morgan fingerprint density at radius 2 is 1.84 bits per heavy atom. The first-order chi connectivity index (χ1) is 9.33. The van der Waals surface area contributed by atoms with E-state index in [1.165, 1.54) is 0 Å². The van der Waals surface area contributed by atoms with E-state index in [4.69, 9.17) is 11.6 Å². The molecule has 0 spiro atoms. The largest absolute Gasteiger partial charge is 0.240 e. The summed E-state index contributed by atoms with van der Waals surface area (Å²) in [5, 5.41) is 8.87. The third-order valence-electron chi connectivity index (χ3n) is 2.91. The number of rotatable bonds is 3. The maximum Gasteiger partial charge on any atom is 0.0889 e. The molecule has 94 valence electrons. The van der Waals surface area contributed by atoms with Crippen molar-refractivity contribution < 1.29 is 0 Å². The molecule has 4 heteroatoms. The molecule has 0 saturated carbocycles. The van der Waals surface area contributed by atoms with Crippen LogP contribution in [-0.4, -0.2) is 15.0 Å². The van der Waals surface area contributed by atoms with Gasteiger partial charge < -0.3 is 0 Å². The summed E-state index contributed by atoms with van der Waals surface area (Å²) in [5.41, 5.74) is 3.21. The van der Waals surface area contributed by atoms with Gasteiger partial charge in [-0.3, -0.25) is 0 Å². The lowest BCUT2D eigenvalue weighted by Crippen LogP contribution is -2.03. The van der Waals surface area contributed by atoms with Crippen LogP contribution in [0.15, 0.2) is 60.8 Å². The highest BCUT2D eigenvalue weighted by Gasteiger charge is 2.06. The molecule has 2 aromatic carbocycles. The molecule has 3 rings (SSSR count). The molecule has 0 radical (unpaired) electrons. The monoisotopic (exact) mass is 269 g/mol. The molecule has 3 aromatic rings. The molecule has 0 aliphatic carbocycles. The van der Waals surface area contributed by atoms with Crippen molar-refractivity contribution in [2.24, 2.45) is 0 Å². The van der Waals surface area contributed by atoms with E-state index in [0.29, 0.717) is 6.54 Å². The fourth-order valence-electron chi connectivity index (χ4n) is 2.02. The predicted molar refractivity (Wildman–Crippen MR) is 76.0 cm³/mol. The summed E-state index contributed by atoms with van der Waals surface area (Å²) >= 11 is 6.00. The molecule has 1 heterocycles. The predicted octanol–water partition coefficient (Wildman–Crippen LogP) is 3.65. The second-order valence-corrected chi connectivity index (χ2v) is 4.71. The Balaban J connectivity index is 1.93. The van der Waals surface area contributed by atoms with E-state index in [-0.39, 0.29) is 0 Å². The Labute approximate surface area is 116 Å². The minimum absolute atomic E-state index is 0.658. The molecular weight excluding hydrogens is 258 g/mol. The van der Waals surface area contributed by atoms with E-state index in [2.05, 4.69) is 10.3 Å². The molecule has 0 N–H and O–H groups in total. The van der Waals surface area contributed by atoms with Crippen LogP contribution in [0.25, 0.3) is 11.3 Å². The SMILES string of the molecule is Clc1cccc(Cn2nncc2-c2ccccc2)c1. The molecule has 0 fully saturated rings. The maximum atomic E-state index is 6.00. The van der Waals surface area contributed by atoms with Crippen LogP contribution >= 0.6 is 11.6 Å². The van der Waals surface area contributed by atoms with Crippen molar-refractivity contribution in [2.45, 2.75) is 6.54 Å². The third kappa shape index (κ3) is 2.66. The molecule has 0 atom stereocenters.